The van der Waals surface area contributed by atoms with E-state index in [0.717, 1.165) is 10.7 Å². The van der Waals surface area contributed by atoms with Crippen LogP contribution in [0.25, 0.3) is 5.69 Å². The average Bonchev–Trinajstić information content (AvgIpc) is 2.71. The van der Waals surface area contributed by atoms with Crippen LogP contribution < -0.4 is 5.73 Å². The van der Waals surface area contributed by atoms with Gasteiger partial charge in [-0.15, -0.1) is 0 Å². The summed E-state index contributed by atoms with van der Waals surface area (Å²) in [6.07, 6.45) is -4.55. The van der Waals surface area contributed by atoms with Gasteiger partial charge in [0, 0.05) is 12.2 Å². The van der Waals surface area contributed by atoms with E-state index in [0.29, 0.717) is 5.56 Å². The van der Waals surface area contributed by atoms with Crippen LogP contribution in [0.2, 0.25) is 0 Å². The van der Waals surface area contributed by atoms with Crippen LogP contribution in [0.15, 0.2) is 24.3 Å². The van der Waals surface area contributed by atoms with Crippen molar-refractivity contribution in [2.45, 2.75) is 19.6 Å². The zero-order valence-electron chi connectivity index (χ0n) is 10.0. The van der Waals surface area contributed by atoms with Gasteiger partial charge in [-0.1, -0.05) is 6.07 Å². The Hall–Kier alpha value is -1.89. The minimum Gasteiger partial charge on any atom is -0.326 e. The summed E-state index contributed by atoms with van der Waals surface area (Å²) in [6, 6.07) is 4.96. The highest BCUT2D eigenvalue weighted by atomic mass is 19.4. The summed E-state index contributed by atoms with van der Waals surface area (Å²) in [5.41, 5.74) is 5.03. The third-order valence-corrected chi connectivity index (χ3v) is 2.65. The smallest absolute Gasteiger partial charge is 0.326 e. The van der Waals surface area contributed by atoms with Crippen molar-refractivity contribution in [3.8, 4) is 5.69 Å². The Balaban J connectivity index is 2.51. The zero-order chi connectivity index (χ0) is 14.2. The minimum absolute atomic E-state index is 0.0369. The van der Waals surface area contributed by atoms with Crippen LogP contribution >= 0.6 is 0 Å². The molecule has 0 fully saturated rings. The standard InChI is InChI=1S/C12H11F4N3/c1-7-4-11(12(14,15)16)18-19(7)10-3-2-8(6-17)5-9(10)13/h2-5H,6,17H2,1H3. The Morgan fingerprint density at radius 1 is 1.26 bits per heavy atom. The normalized spacial score (nSPS) is 11.9. The minimum atomic E-state index is -4.55. The van der Waals surface area contributed by atoms with Crippen LogP contribution in [0, 0.1) is 12.7 Å². The lowest BCUT2D eigenvalue weighted by Gasteiger charge is -2.07. The molecule has 0 spiro atoms. The quantitative estimate of drug-likeness (QED) is 0.855. The number of hydrogen-bond donors (Lipinski definition) is 1. The van der Waals surface area contributed by atoms with E-state index in [1.165, 1.54) is 19.1 Å². The van der Waals surface area contributed by atoms with Gasteiger partial charge in [0.2, 0.25) is 0 Å². The third kappa shape index (κ3) is 2.60. The van der Waals surface area contributed by atoms with E-state index in [1.807, 2.05) is 0 Å². The largest absolute Gasteiger partial charge is 0.435 e. The first-order valence-corrected chi connectivity index (χ1v) is 5.45. The van der Waals surface area contributed by atoms with Gasteiger partial charge in [-0.3, -0.25) is 0 Å². The van der Waals surface area contributed by atoms with Crippen LogP contribution in [0.5, 0.6) is 0 Å². The van der Waals surface area contributed by atoms with E-state index in [4.69, 9.17) is 5.73 Å². The average molecular weight is 273 g/mol. The van der Waals surface area contributed by atoms with Crippen molar-refractivity contribution in [3.63, 3.8) is 0 Å². The van der Waals surface area contributed by atoms with Crippen LogP contribution in [0.1, 0.15) is 17.0 Å². The summed E-state index contributed by atoms with van der Waals surface area (Å²) in [5, 5.41) is 3.39. The van der Waals surface area contributed by atoms with Crippen LogP contribution in [-0.2, 0) is 12.7 Å². The molecular weight excluding hydrogens is 262 g/mol. The maximum Gasteiger partial charge on any atom is 0.435 e. The maximum atomic E-state index is 13.8. The number of benzene rings is 1. The lowest BCUT2D eigenvalue weighted by Crippen LogP contribution is -2.08. The van der Waals surface area contributed by atoms with Crippen molar-refractivity contribution in [3.05, 3.63) is 47.0 Å². The van der Waals surface area contributed by atoms with E-state index in [1.54, 1.807) is 6.07 Å². The molecule has 19 heavy (non-hydrogen) atoms. The van der Waals surface area contributed by atoms with E-state index in [-0.39, 0.29) is 17.9 Å². The maximum absolute atomic E-state index is 13.8. The molecule has 0 radical (unpaired) electrons. The van der Waals surface area contributed by atoms with Crippen molar-refractivity contribution >= 4 is 0 Å². The van der Waals surface area contributed by atoms with Gasteiger partial charge < -0.3 is 5.73 Å². The predicted molar refractivity (Wildman–Crippen MR) is 61.2 cm³/mol. The molecule has 1 aromatic heterocycles. The first kappa shape index (κ1) is 13.5. The van der Waals surface area contributed by atoms with E-state index < -0.39 is 17.7 Å². The van der Waals surface area contributed by atoms with Gasteiger partial charge >= 0.3 is 6.18 Å². The molecule has 2 N–H and O–H groups in total. The highest BCUT2D eigenvalue weighted by Gasteiger charge is 2.34. The first-order chi connectivity index (χ1) is 8.82. The Labute approximate surface area is 106 Å². The number of aromatic nitrogens is 2. The third-order valence-electron chi connectivity index (χ3n) is 2.65. The van der Waals surface area contributed by atoms with Crippen molar-refractivity contribution < 1.29 is 17.6 Å². The number of nitrogens with zero attached hydrogens (tertiary/aromatic N) is 2. The molecule has 7 heteroatoms. The first-order valence-electron chi connectivity index (χ1n) is 5.45. The number of alkyl halides is 3. The lowest BCUT2D eigenvalue weighted by molar-refractivity contribution is -0.141. The van der Waals surface area contributed by atoms with E-state index >= 15 is 0 Å². The fourth-order valence-electron chi connectivity index (χ4n) is 1.71. The van der Waals surface area contributed by atoms with Gasteiger partial charge in [-0.2, -0.15) is 18.3 Å². The molecule has 1 aromatic carbocycles. The predicted octanol–water partition coefficient (Wildman–Crippen LogP) is 2.80. The molecule has 3 nitrogen and oxygen atoms in total. The second-order valence-electron chi connectivity index (χ2n) is 4.07. The van der Waals surface area contributed by atoms with Gasteiger partial charge in [0.25, 0.3) is 0 Å². The summed E-state index contributed by atoms with van der Waals surface area (Å²) in [5.74, 6) is -0.664. The van der Waals surface area contributed by atoms with Gasteiger partial charge in [0.1, 0.15) is 11.5 Å². The zero-order valence-corrected chi connectivity index (χ0v) is 10.0. The molecule has 0 saturated carbocycles. The Morgan fingerprint density at radius 3 is 2.42 bits per heavy atom. The van der Waals surface area contributed by atoms with Crippen LogP contribution in [-0.4, -0.2) is 9.78 Å². The molecule has 0 unspecified atom stereocenters. The van der Waals surface area contributed by atoms with E-state index in [2.05, 4.69) is 5.10 Å². The molecule has 0 saturated heterocycles. The summed E-state index contributed by atoms with van der Waals surface area (Å²) in [4.78, 5) is 0. The van der Waals surface area contributed by atoms with Crippen LogP contribution in [0.4, 0.5) is 17.6 Å². The Morgan fingerprint density at radius 2 is 1.95 bits per heavy atom. The summed E-state index contributed by atoms with van der Waals surface area (Å²) < 4.78 is 52.3. The SMILES string of the molecule is Cc1cc(C(F)(F)F)nn1-c1ccc(CN)cc1F. The van der Waals surface area contributed by atoms with Crippen LogP contribution in [0.3, 0.4) is 0 Å². The number of aryl methyl sites for hydroxylation is 1. The molecule has 102 valence electrons. The monoisotopic (exact) mass is 273 g/mol. The number of nitrogens with two attached hydrogens (primary N) is 1. The second-order valence-corrected chi connectivity index (χ2v) is 4.07. The van der Waals surface area contributed by atoms with Crippen molar-refractivity contribution in [1.29, 1.82) is 0 Å². The summed E-state index contributed by atoms with van der Waals surface area (Å²) >= 11 is 0. The fourth-order valence-corrected chi connectivity index (χ4v) is 1.71. The summed E-state index contributed by atoms with van der Waals surface area (Å²) in [7, 11) is 0. The Bertz CT molecular complexity index is 602. The molecule has 1 heterocycles. The van der Waals surface area contributed by atoms with Gasteiger partial charge in [-0.25, -0.2) is 9.07 Å². The molecule has 0 aliphatic heterocycles. The summed E-state index contributed by atoms with van der Waals surface area (Å²) in [6.45, 7) is 1.58. The highest BCUT2D eigenvalue weighted by Crippen LogP contribution is 2.29. The Kier molecular flexibility index (Phi) is 3.32. The molecule has 0 aliphatic carbocycles. The van der Waals surface area contributed by atoms with Gasteiger partial charge in [0.05, 0.1) is 0 Å². The number of halogens is 4. The molecule has 2 aromatic rings. The lowest BCUT2D eigenvalue weighted by atomic mass is 10.2. The molecule has 2 rings (SSSR count). The van der Waals surface area contributed by atoms with E-state index in [9.17, 15) is 17.6 Å². The number of hydrogen-bond acceptors (Lipinski definition) is 2. The molecule has 0 bridgehead atoms. The second kappa shape index (κ2) is 4.65. The highest BCUT2D eigenvalue weighted by molar-refractivity contribution is 5.38. The number of rotatable bonds is 2. The van der Waals surface area contributed by atoms with Crippen molar-refractivity contribution in [2.24, 2.45) is 5.73 Å². The fraction of sp³-hybridized carbons (Fsp3) is 0.250. The van der Waals surface area contributed by atoms with Crippen molar-refractivity contribution in [1.82, 2.24) is 9.78 Å². The van der Waals surface area contributed by atoms with Crippen molar-refractivity contribution in [2.75, 3.05) is 0 Å². The topological polar surface area (TPSA) is 43.8 Å². The van der Waals surface area contributed by atoms with Gasteiger partial charge in [-0.05, 0) is 30.7 Å². The van der Waals surface area contributed by atoms with Gasteiger partial charge in [0.15, 0.2) is 5.69 Å². The molecule has 0 atom stereocenters. The molecular formula is C12H11F4N3. The molecule has 0 aliphatic rings. The molecule has 0 amide bonds.